The van der Waals surface area contributed by atoms with Crippen molar-refractivity contribution in [1.82, 2.24) is 10.6 Å². The summed E-state index contributed by atoms with van der Waals surface area (Å²) in [7, 11) is 1.53. The van der Waals surface area contributed by atoms with Gasteiger partial charge in [-0.2, -0.15) is 13.2 Å². The average molecular weight is 507 g/mol. The van der Waals surface area contributed by atoms with E-state index in [4.69, 9.17) is 4.74 Å². The molecule has 8 heteroatoms. The van der Waals surface area contributed by atoms with Crippen LogP contribution in [0.3, 0.4) is 0 Å². The molecule has 0 aliphatic rings. The van der Waals surface area contributed by atoms with Crippen molar-refractivity contribution in [3.05, 3.63) is 71.3 Å². The quantitative estimate of drug-likeness (QED) is 0.311. The summed E-state index contributed by atoms with van der Waals surface area (Å²) in [5.74, 6) is 0.333. The molecule has 0 bridgehead atoms. The van der Waals surface area contributed by atoms with Crippen molar-refractivity contribution in [3.63, 3.8) is 0 Å². The molecule has 0 heterocycles. The average Bonchev–Trinajstić information content (AvgIpc) is 2.65. The lowest BCUT2D eigenvalue weighted by atomic mass is 10.1. The van der Waals surface area contributed by atoms with Crippen LogP contribution in [0, 0.1) is 0 Å². The van der Waals surface area contributed by atoms with Crippen LogP contribution in [-0.4, -0.2) is 25.7 Å². The van der Waals surface area contributed by atoms with Gasteiger partial charge in [0.1, 0.15) is 0 Å². The Labute approximate surface area is 180 Å². The van der Waals surface area contributed by atoms with Crippen LogP contribution in [0.4, 0.5) is 13.2 Å². The number of hydrogen-bond acceptors (Lipinski definition) is 2. The molecule has 0 amide bonds. The standard InChI is InChI=1S/C20H24F3N3O.HI/c1-24-19(25-12-11-20(21,22)23)26-13-17-9-5-6-10-18(17)15-27-14-16-7-3-2-4-8-16;/h2-10H,11-15H2,1H3,(H2,24,25,26);1H. The van der Waals surface area contributed by atoms with E-state index in [0.29, 0.717) is 25.7 Å². The van der Waals surface area contributed by atoms with Gasteiger partial charge in [-0.25, -0.2) is 0 Å². The van der Waals surface area contributed by atoms with Crippen molar-refractivity contribution in [2.75, 3.05) is 13.6 Å². The number of alkyl halides is 3. The fraction of sp³-hybridized carbons (Fsp3) is 0.350. The third kappa shape index (κ3) is 9.41. The summed E-state index contributed by atoms with van der Waals surface area (Å²) in [5.41, 5.74) is 3.12. The van der Waals surface area contributed by atoms with Crippen molar-refractivity contribution in [1.29, 1.82) is 0 Å². The Hall–Kier alpha value is -1.81. The topological polar surface area (TPSA) is 45.7 Å². The van der Waals surface area contributed by atoms with E-state index in [9.17, 15) is 13.2 Å². The van der Waals surface area contributed by atoms with E-state index in [1.807, 2.05) is 54.6 Å². The lowest BCUT2D eigenvalue weighted by molar-refractivity contribution is -0.132. The van der Waals surface area contributed by atoms with E-state index in [1.165, 1.54) is 7.05 Å². The smallest absolute Gasteiger partial charge is 0.372 e. The second-order valence-electron chi connectivity index (χ2n) is 5.96. The van der Waals surface area contributed by atoms with Gasteiger partial charge in [-0.05, 0) is 16.7 Å². The summed E-state index contributed by atoms with van der Waals surface area (Å²) in [6.45, 7) is 1.19. The Morgan fingerprint density at radius 2 is 1.57 bits per heavy atom. The van der Waals surface area contributed by atoms with Crippen LogP contribution in [0.5, 0.6) is 0 Å². The third-order valence-electron chi connectivity index (χ3n) is 3.86. The molecule has 0 spiro atoms. The van der Waals surface area contributed by atoms with Crippen molar-refractivity contribution in [2.24, 2.45) is 4.99 Å². The van der Waals surface area contributed by atoms with Crippen LogP contribution in [0.2, 0.25) is 0 Å². The molecule has 0 radical (unpaired) electrons. The predicted octanol–water partition coefficient (Wildman–Crippen LogP) is 4.64. The van der Waals surface area contributed by atoms with Crippen LogP contribution < -0.4 is 10.6 Å². The molecular weight excluding hydrogens is 482 g/mol. The van der Waals surface area contributed by atoms with E-state index in [2.05, 4.69) is 15.6 Å². The summed E-state index contributed by atoms with van der Waals surface area (Å²) in [5, 5.41) is 5.70. The van der Waals surface area contributed by atoms with Crippen LogP contribution >= 0.6 is 24.0 Å². The number of aliphatic imine (C=N–C) groups is 1. The van der Waals surface area contributed by atoms with E-state index in [1.54, 1.807) is 0 Å². The summed E-state index contributed by atoms with van der Waals surface area (Å²) in [4.78, 5) is 3.95. The lowest BCUT2D eigenvalue weighted by Crippen LogP contribution is -2.38. The van der Waals surface area contributed by atoms with Gasteiger partial charge in [-0.1, -0.05) is 54.6 Å². The number of ether oxygens (including phenoxy) is 1. The number of rotatable bonds is 8. The SMILES string of the molecule is CN=C(NCCC(F)(F)F)NCc1ccccc1COCc1ccccc1.I. The van der Waals surface area contributed by atoms with Crippen molar-refractivity contribution >= 4 is 29.9 Å². The van der Waals surface area contributed by atoms with Crippen molar-refractivity contribution in [2.45, 2.75) is 32.4 Å². The highest BCUT2D eigenvalue weighted by atomic mass is 127. The largest absolute Gasteiger partial charge is 0.390 e. The second-order valence-corrected chi connectivity index (χ2v) is 5.96. The van der Waals surface area contributed by atoms with Gasteiger partial charge in [-0.15, -0.1) is 24.0 Å². The number of halogens is 4. The fourth-order valence-corrected chi connectivity index (χ4v) is 2.45. The molecule has 2 rings (SSSR count). The Balaban J connectivity index is 0.00000392. The Bertz CT molecular complexity index is 724. The molecule has 4 nitrogen and oxygen atoms in total. The van der Waals surface area contributed by atoms with Gasteiger partial charge < -0.3 is 15.4 Å². The van der Waals surface area contributed by atoms with Crippen LogP contribution in [0.1, 0.15) is 23.1 Å². The molecule has 154 valence electrons. The highest BCUT2D eigenvalue weighted by Gasteiger charge is 2.26. The molecule has 0 saturated carbocycles. The zero-order valence-corrected chi connectivity index (χ0v) is 18.0. The molecule has 0 unspecified atom stereocenters. The molecule has 0 fully saturated rings. The first kappa shape index (κ1) is 24.2. The van der Waals surface area contributed by atoms with Crippen molar-refractivity contribution < 1.29 is 17.9 Å². The van der Waals surface area contributed by atoms with Gasteiger partial charge in [0, 0.05) is 20.1 Å². The zero-order chi connectivity index (χ0) is 19.5. The molecule has 2 aromatic carbocycles. The van der Waals surface area contributed by atoms with Crippen molar-refractivity contribution in [3.8, 4) is 0 Å². The molecular formula is C20H25F3IN3O. The monoisotopic (exact) mass is 507 g/mol. The highest BCUT2D eigenvalue weighted by molar-refractivity contribution is 14.0. The first-order chi connectivity index (χ1) is 13.0. The Morgan fingerprint density at radius 1 is 0.929 bits per heavy atom. The minimum atomic E-state index is -4.19. The minimum absolute atomic E-state index is 0. The van der Waals surface area contributed by atoms with Gasteiger partial charge >= 0.3 is 6.18 Å². The summed E-state index contributed by atoms with van der Waals surface area (Å²) >= 11 is 0. The van der Waals surface area contributed by atoms with Gasteiger partial charge in [0.15, 0.2) is 5.96 Å². The van der Waals surface area contributed by atoms with Gasteiger partial charge in [0.25, 0.3) is 0 Å². The lowest BCUT2D eigenvalue weighted by Gasteiger charge is -2.15. The maximum atomic E-state index is 12.2. The maximum absolute atomic E-state index is 12.2. The van der Waals surface area contributed by atoms with Gasteiger partial charge in [-0.3, -0.25) is 4.99 Å². The summed E-state index contributed by atoms with van der Waals surface area (Å²) in [6.07, 6.45) is -5.09. The summed E-state index contributed by atoms with van der Waals surface area (Å²) in [6, 6.07) is 17.7. The van der Waals surface area contributed by atoms with Gasteiger partial charge in [0.05, 0.1) is 19.6 Å². The van der Waals surface area contributed by atoms with Gasteiger partial charge in [0.2, 0.25) is 0 Å². The number of nitrogens with one attached hydrogen (secondary N) is 2. The molecule has 0 aliphatic carbocycles. The molecule has 2 aromatic rings. The number of guanidine groups is 1. The normalized spacial score (nSPS) is 11.6. The number of nitrogens with zero attached hydrogens (tertiary/aromatic N) is 1. The number of hydrogen-bond donors (Lipinski definition) is 2. The van der Waals surface area contributed by atoms with E-state index in [0.717, 1.165) is 16.7 Å². The Kier molecular flexibility index (Phi) is 10.9. The molecule has 0 saturated heterocycles. The first-order valence-corrected chi connectivity index (χ1v) is 8.67. The first-order valence-electron chi connectivity index (χ1n) is 8.67. The highest BCUT2D eigenvalue weighted by Crippen LogP contribution is 2.18. The van der Waals surface area contributed by atoms with E-state index >= 15 is 0 Å². The minimum Gasteiger partial charge on any atom is -0.372 e. The molecule has 0 aromatic heterocycles. The molecule has 0 atom stereocenters. The predicted molar refractivity (Wildman–Crippen MR) is 116 cm³/mol. The zero-order valence-electron chi connectivity index (χ0n) is 15.6. The second kappa shape index (κ2) is 12.6. The maximum Gasteiger partial charge on any atom is 0.390 e. The molecule has 28 heavy (non-hydrogen) atoms. The summed E-state index contributed by atoms with van der Waals surface area (Å²) < 4.78 is 42.5. The van der Waals surface area contributed by atoms with E-state index < -0.39 is 12.6 Å². The third-order valence-corrected chi connectivity index (χ3v) is 3.86. The Morgan fingerprint density at radius 3 is 2.21 bits per heavy atom. The van der Waals surface area contributed by atoms with Crippen LogP contribution in [0.25, 0.3) is 0 Å². The number of benzene rings is 2. The molecule has 2 N–H and O–H groups in total. The fourth-order valence-electron chi connectivity index (χ4n) is 2.45. The van der Waals surface area contributed by atoms with Crippen LogP contribution in [0.15, 0.2) is 59.6 Å². The molecule has 0 aliphatic heterocycles. The van der Waals surface area contributed by atoms with E-state index in [-0.39, 0.29) is 30.5 Å². The van der Waals surface area contributed by atoms with Crippen LogP contribution in [-0.2, 0) is 24.5 Å².